The van der Waals surface area contributed by atoms with Crippen LogP contribution in [0.3, 0.4) is 0 Å². The van der Waals surface area contributed by atoms with Crippen molar-refractivity contribution in [2.45, 2.75) is 57.2 Å². The molecule has 1 fully saturated rings. The van der Waals surface area contributed by atoms with Crippen molar-refractivity contribution in [2.75, 3.05) is 24.7 Å². The Balaban J connectivity index is 2.35. The second-order valence-electron chi connectivity index (χ2n) is 8.52. The lowest BCUT2D eigenvalue weighted by atomic mass is 10.1. The predicted molar refractivity (Wildman–Crippen MR) is 100.0 cm³/mol. The van der Waals surface area contributed by atoms with Gasteiger partial charge in [0.1, 0.15) is 12.3 Å². The summed E-state index contributed by atoms with van der Waals surface area (Å²) < 4.78 is 86.0. The van der Waals surface area contributed by atoms with Crippen LogP contribution in [0.2, 0.25) is 25.7 Å². The lowest BCUT2D eigenvalue weighted by Gasteiger charge is -2.28. The van der Waals surface area contributed by atoms with E-state index in [9.17, 15) is 36.2 Å². The predicted octanol–water partition coefficient (Wildman–Crippen LogP) is 3.32. The molecule has 1 aromatic heterocycles. The van der Waals surface area contributed by atoms with E-state index in [2.05, 4.69) is 24.7 Å². The topological polar surface area (TPSA) is 67.6 Å². The molecule has 1 aliphatic heterocycles. The highest BCUT2D eigenvalue weighted by Crippen LogP contribution is 2.41. The number of aromatic nitrogens is 2. The maximum Gasteiger partial charge on any atom is 0.423 e. The van der Waals surface area contributed by atoms with Crippen LogP contribution in [-0.4, -0.2) is 54.9 Å². The van der Waals surface area contributed by atoms with Gasteiger partial charge in [-0.2, -0.15) is 31.4 Å². The van der Waals surface area contributed by atoms with Gasteiger partial charge in [0.25, 0.3) is 5.56 Å². The third-order valence-corrected chi connectivity index (χ3v) is 6.62. The Morgan fingerprint density at radius 1 is 1.23 bits per heavy atom. The Morgan fingerprint density at radius 2 is 1.87 bits per heavy atom. The first-order chi connectivity index (χ1) is 13.6. The van der Waals surface area contributed by atoms with Crippen LogP contribution < -0.4 is 10.5 Å². The summed E-state index contributed by atoms with van der Waals surface area (Å²) in [4.78, 5) is 13.2. The lowest BCUT2D eigenvalue weighted by molar-refractivity contribution is -0.169. The molecule has 1 aliphatic rings. The SMILES string of the molecule is C[Si](C)(C)CCOCn1ncc(N2C[C@@H](C(F)(F)F)C[C@H]2CO)c(C(F)(F)F)c1=O. The van der Waals surface area contributed by atoms with E-state index in [1.165, 1.54) is 0 Å². The first kappa shape index (κ1) is 24.7. The monoisotopic (exact) mass is 461 g/mol. The van der Waals surface area contributed by atoms with Gasteiger partial charge in [-0.15, -0.1) is 0 Å². The smallest absolute Gasteiger partial charge is 0.394 e. The number of halogens is 6. The van der Waals surface area contributed by atoms with Gasteiger partial charge in [0.15, 0.2) is 0 Å². The zero-order chi connectivity index (χ0) is 22.9. The molecule has 6 nitrogen and oxygen atoms in total. The summed E-state index contributed by atoms with van der Waals surface area (Å²) in [5.41, 5.74) is -3.88. The number of hydrogen-bond donors (Lipinski definition) is 1. The number of aliphatic hydroxyl groups excluding tert-OH is 1. The van der Waals surface area contributed by atoms with E-state index in [4.69, 9.17) is 4.74 Å². The molecule has 1 saturated heterocycles. The Bertz CT molecular complexity index is 791. The van der Waals surface area contributed by atoms with Crippen LogP contribution in [0.5, 0.6) is 0 Å². The number of anilines is 1. The quantitative estimate of drug-likeness (QED) is 0.383. The van der Waals surface area contributed by atoms with Crippen molar-refractivity contribution in [1.82, 2.24) is 9.78 Å². The fourth-order valence-electron chi connectivity index (χ4n) is 3.21. The zero-order valence-electron chi connectivity index (χ0n) is 16.8. The highest BCUT2D eigenvalue weighted by molar-refractivity contribution is 6.76. The Labute approximate surface area is 170 Å². The third-order valence-electron chi connectivity index (χ3n) is 4.91. The van der Waals surface area contributed by atoms with Gasteiger partial charge in [-0.1, -0.05) is 19.6 Å². The number of rotatable bonds is 7. The average Bonchev–Trinajstić information content (AvgIpc) is 3.02. The van der Waals surface area contributed by atoms with E-state index in [0.29, 0.717) is 10.9 Å². The molecule has 0 aliphatic carbocycles. The molecule has 2 heterocycles. The summed E-state index contributed by atoms with van der Waals surface area (Å²) in [5, 5.41) is 13.1. The van der Waals surface area contributed by atoms with Gasteiger partial charge in [0.2, 0.25) is 0 Å². The summed E-state index contributed by atoms with van der Waals surface area (Å²) >= 11 is 0. The molecule has 30 heavy (non-hydrogen) atoms. The number of ether oxygens (including phenoxy) is 1. The minimum absolute atomic E-state index is 0.249. The fourth-order valence-corrected chi connectivity index (χ4v) is 3.96. The molecule has 0 aromatic carbocycles. The average molecular weight is 461 g/mol. The van der Waals surface area contributed by atoms with Crippen molar-refractivity contribution in [3.8, 4) is 0 Å². The third kappa shape index (κ3) is 5.97. The minimum atomic E-state index is -5.12. The number of alkyl halides is 6. The standard InChI is InChI=1S/C17H25F6N3O3Si/c1-30(2,3)5-4-29-10-26-15(28)14(17(21,22)23)13(7-24-26)25-8-11(16(18,19)20)6-12(25)9-27/h7,11-12,27H,4-6,8-10H2,1-3H3/t11-,12-/m0/s1. The van der Waals surface area contributed by atoms with Crippen molar-refractivity contribution in [1.29, 1.82) is 0 Å². The molecule has 0 unspecified atom stereocenters. The summed E-state index contributed by atoms with van der Waals surface area (Å²) in [6, 6.07) is -0.473. The molecule has 172 valence electrons. The van der Waals surface area contributed by atoms with Gasteiger partial charge in [0.05, 0.1) is 30.5 Å². The zero-order valence-corrected chi connectivity index (χ0v) is 17.8. The van der Waals surface area contributed by atoms with Crippen molar-refractivity contribution >= 4 is 13.8 Å². The van der Waals surface area contributed by atoms with E-state index in [1.807, 2.05) is 0 Å². The van der Waals surface area contributed by atoms with Crippen molar-refractivity contribution in [3.05, 3.63) is 22.1 Å². The van der Waals surface area contributed by atoms with Crippen LogP contribution in [0.1, 0.15) is 12.0 Å². The highest BCUT2D eigenvalue weighted by Gasteiger charge is 2.49. The molecule has 2 rings (SSSR count). The van der Waals surface area contributed by atoms with E-state index in [0.717, 1.165) is 10.9 Å². The van der Waals surface area contributed by atoms with Gasteiger partial charge in [-0.3, -0.25) is 4.79 Å². The van der Waals surface area contributed by atoms with Gasteiger partial charge in [-0.25, -0.2) is 4.68 Å². The molecule has 13 heteroatoms. The molecule has 0 saturated carbocycles. The maximum absolute atomic E-state index is 13.7. The maximum atomic E-state index is 13.7. The van der Waals surface area contributed by atoms with Crippen molar-refractivity contribution in [2.24, 2.45) is 5.92 Å². The van der Waals surface area contributed by atoms with Crippen molar-refractivity contribution < 1.29 is 36.2 Å². The largest absolute Gasteiger partial charge is 0.423 e. The van der Waals surface area contributed by atoms with Crippen molar-refractivity contribution in [3.63, 3.8) is 0 Å². The molecule has 0 radical (unpaired) electrons. The van der Waals surface area contributed by atoms with Crippen LogP contribution in [0.4, 0.5) is 32.0 Å². The number of nitrogens with zero attached hydrogens (tertiary/aromatic N) is 3. The number of aliphatic hydroxyl groups is 1. The van der Waals surface area contributed by atoms with Crippen LogP contribution >= 0.6 is 0 Å². The van der Waals surface area contributed by atoms with E-state index in [-0.39, 0.29) is 6.61 Å². The minimum Gasteiger partial charge on any atom is -0.394 e. The summed E-state index contributed by atoms with van der Waals surface area (Å²) in [5.74, 6) is -1.91. The van der Waals surface area contributed by atoms with Crippen LogP contribution in [0.25, 0.3) is 0 Å². The Morgan fingerprint density at radius 3 is 2.37 bits per heavy atom. The molecule has 0 bridgehead atoms. The normalized spacial score (nSPS) is 20.8. The first-order valence-corrected chi connectivity index (χ1v) is 13.0. The lowest BCUT2D eigenvalue weighted by Crippen LogP contribution is -2.39. The summed E-state index contributed by atoms with van der Waals surface area (Å²) in [6.45, 7) is 4.42. The second kappa shape index (κ2) is 8.87. The summed E-state index contributed by atoms with van der Waals surface area (Å²) in [6.07, 6.45) is -9.60. The van der Waals surface area contributed by atoms with E-state index < -0.39 is 75.5 Å². The molecular formula is C17H25F6N3O3Si. The van der Waals surface area contributed by atoms with E-state index >= 15 is 0 Å². The molecule has 1 aromatic rings. The first-order valence-electron chi connectivity index (χ1n) is 9.34. The van der Waals surface area contributed by atoms with Gasteiger partial charge in [-0.05, 0) is 12.5 Å². The van der Waals surface area contributed by atoms with Gasteiger partial charge < -0.3 is 14.7 Å². The van der Waals surface area contributed by atoms with Gasteiger partial charge >= 0.3 is 12.4 Å². The molecule has 0 spiro atoms. The van der Waals surface area contributed by atoms with Crippen LogP contribution in [0.15, 0.2) is 11.0 Å². The van der Waals surface area contributed by atoms with Crippen LogP contribution in [-0.2, 0) is 17.6 Å². The Hall–Kier alpha value is -1.60. The molecular weight excluding hydrogens is 436 g/mol. The van der Waals surface area contributed by atoms with Gasteiger partial charge in [0, 0.05) is 21.2 Å². The number of hydrogen-bond acceptors (Lipinski definition) is 5. The second-order valence-corrected chi connectivity index (χ2v) is 14.1. The molecule has 0 amide bonds. The Kier molecular flexibility index (Phi) is 7.29. The highest BCUT2D eigenvalue weighted by atomic mass is 28.3. The summed E-state index contributed by atoms with van der Waals surface area (Å²) in [7, 11) is -1.45. The fraction of sp³-hybridized carbons (Fsp3) is 0.765. The molecule has 1 N–H and O–H groups in total. The molecule has 2 atom stereocenters. The van der Waals surface area contributed by atoms with E-state index in [1.54, 1.807) is 0 Å². The van der Waals surface area contributed by atoms with Crippen LogP contribution in [0, 0.1) is 5.92 Å².